The van der Waals surface area contributed by atoms with Crippen LogP contribution in [0.1, 0.15) is 50.5 Å². The Labute approximate surface area is 154 Å². The summed E-state index contributed by atoms with van der Waals surface area (Å²) >= 11 is 6.88. The zero-order valence-electron chi connectivity index (χ0n) is 16.2. The van der Waals surface area contributed by atoms with Crippen molar-refractivity contribution in [3.63, 3.8) is 0 Å². The molecular formula is C20H36ClO2P. The van der Waals surface area contributed by atoms with E-state index in [2.05, 4.69) is 44.3 Å². The van der Waals surface area contributed by atoms with Crippen LogP contribution < -0.4 is 5.30 Å². The smallest absolute Gasteiger partial charge is 0.0386 e. The molecule has 0 aliphatic rings. The van der Waals surface area contributed by atoms with Crippen molar-refractivity contribution in [1.29, 1.82) is 0 Å². The molecule has 0 aliphatic carbocycles. The van der Waals surface area contributed by atoms with Gasteiger partial charge >= 0.3 is 139 Å². The van der Waals surface area contributed by atoms with E-state index >= 15 is 0 Å². The predicted molar refractivity (Wildman–Crippen MR) is 110 cm³/mol. The standard InChI is InChI=1S/C20H36ClO2P/c1-22-20(23-2)17-11-9-7-6-8-10-14-18-15-12-13-16-19(18)24(3,4,5)21/h12-13,15-16,20H,6-11,14,17H2,1-5H3. The third-order valence-electron chi connectivity index (χ3n) is 4.47. The van der Waals surface area contributed by atoms with Crippen molar-refractivity contribution in [3.05, 3.63) is 29.8 Å². The summed E-state index contributed by atoms with van der Waals surface area (Å²) in [5.41, 5.74) is 1.45. The number of ether oxygens (including phenoxy) is 2. The molecule has 0 atom stereocenters. The Morgan fingerprint density at radius 3 is 2.00 bits per heavy atom. The Morgan fingerprint density at radius 2 is 1.42 bits per heavy atom. The molecule has 0 heterocycles. The Balaban J connectivity index is 2.25. The summed E-state index contributed by atoms with van der Waals surface area (Å²) in [4.78, 5) is 0. The quantitative estimate of drug-likeness (QED) is 0.261. The van der Waals surface area contributed by atoms with Gasteiger partial charge in [0.2, 0.25) is 0 Å². The van der Waals surface area contributed by atoms with Gasteiger partial charge in [-0.15, -0.1) is 0 Å². The molecule has 0 radical (unpaired) electrons. The van der Waals surface area contributed by atoms with Gasteiger partial charge < -0.3 is 0 Å². The van der Waals surface area contributed by atoms with Crippen LogP contribution in [0.15, 0.2) is 24.3 Å². The van der Waals surface area contributed by atoms with E-state index < -0.39 is 5.96 Å². The molecule has 24 heavy (non-hydrogen) atoms. The molecule has 0 amide bonds. The van der Waals surface area contributed by atoms with E-state index in [9.17, 15) is 0 Å². The summed E-state index contributed by atoms with van der Waals surface area (Å²) in [5.74, 6) is -2.20. The van der Waals surface area contributed by atoms with Crippen LogP contribution in [0.4, 0.5) is 0 Å². The SMILES string of the molecule is COC(CCCCCCCCc1ccccc1P(C)(C)(C)Cl)OC. The first-order valence-electron chi connectivity index (χ1n) is 9.11. The third kappa shape index (κ3) is 8.30. The first kappa shape index (κ1) is 21.9. The molecule has 0 aromatic heterocycles. The van der Waals surface area contributed by atoms with Crippen molar-refractivity contribution in [2.24, 2.45) is 0 Å². The number of halogens is 1. The second-order valence-electron chi connectivity index (χ2n) is 7.79. The van der Waals surface area contributed by atoms with Crippen molar-refractivity contribution in [1.82, 2.24) is 0 Å². The minimum Gasteiger partial charge on any atom is 0.0386 e. The number of unbranched alkanes of at least 4 members (excludes halogenated alkanes) is 5. The molecular weight excluding hydrogens is 339 g/mol. The number of rotatable bonds is 12. The molecule has 2 nitrogen and oxygen atoms in total. The fourth-order valence-corrected chi connectivity index (χ4v) is 5.37. The zero-order valence-corrected chi connectivity index (χ0v) is 17.8. The van der Waals surface area contributed by atoms with Gasteiger partial charge in [-0.05, 0) is 0 Å². The molecule has 140 valence electrons. The van der Waals surface area contributed by atoms with Gasteiger partial charge in [0.25, 0.3) is 0 Å². The monoisotopic (exact) mass is 374 g/mol. The van der Waals surface area contributed by atoms with Crippen LogP contribution in [0.2, 0.25) is 0 Å². The number of hydrogen-bond donors (Lipinski definition) is 0. The van der Waals surface area contributed by atoms with Crippen LogP contribution in [0.25, 0.3) is 0 Å². The normalized spacial score (nSPS) is 13.9. The van der Waals surface area contributed by atoms with E-state index in [4.69, 9.17) is 20.7 Å². The maximum absolute atomic E-state index is 6.88. The van der Waals surface area contributed by atoms with Crippen molar-refractivity contribution in [2.45, 2.75) is 57.7 Å². The van der Waals surface area contributed by atoms with E-state index in [0.717, 1.165) is 12.8 Å². The van der Waals surface area contributed by atoms with Gasteiger partial charge in [0.15, 0.2) is 0 Å². The Kier molecular flexibility index (Phi) is 9.23. The Morgan fingerprint density at radius 1 is 0.875 bits per heavy atom. The van der Waals surface area contributed by atoms with E-state index in [-0.39, 0.29) is 6.29 Å². The van der Waals surface area contributed by atoms with E-state index in [1.807, 2.05) is 0 Å². The number of methoxy groups -OCH3 is 2. The van der Waals surface area contributed by atoms with Gasteiger partial charge in [-0.1, -0.05) is 0 Å². The van der Waals surface area contributed by atoms with Crippen LogP contribution in [0, 0.1) is 0 Å². The van der Waals surface area contributed by atoms with Crippen molar-refractivity contribution in [2.75, 3.05) is 34.2 Å². The molecule has 4 heteroatoms. The maximum atomic E-state index is 6.88. The number of aryl methyl sites for hydroxylation is 1. The average Bonchev–Trinajstić information content (AvgIpc) is 2.52. The van der Waals surface area contributed by atoms with Gasteiger partial charge in [0.05, 0.1) is 0 Å². The van der Waals surface area contributed by atoms with Gasteiger partial charge in [-0.25, -0.2) is 0 Å². The molecule has 0 N–H and O–H groups in total. The molecule has 0 aliphatic heterocycles. The molecule has 1 aromatic rings. The minimum atomic E-state index is -2.20. The summed E-state index contributed by atoms with van der Waals surface area (Å²) in [6.07, 6.45) is 9.69. The second-order valence-corrected chi connectivity index (χ2v) is 17.0. The summed E-state index contributed by atoms with van der Waals surface area (Å²) < 4.78 is 10.4. The second kappa shape index (κ2) is 10.1. The fraction of sp³-hybridized carbons (Fsp3) is 0.700. The first-order valence-corrected chi connectivity index (χ1v) is 13.6. The number of hydrogen-bond acceptors (Lipinski definition) is 2. The molecule has 0 spiro atoms. The van der Waals surface area contributed by atoms with Crippen LogP contribution >= 0.6 is 17.2 Å². The molecule has 0 bridgehead atoms. The molecule has 0 unspecified atom stereocenters. The predicted octanol–water partition coefficient (Wildman–Crippen LogP) is 5.80. The van der Waals surface area contributed by atoms with Crippen molar-refractivity contribution >= 4 is 22.5 Å². The van der Waals surface area contributed by atoms with Gasteiger partial charge in [-0.3, -0.25) is 0 Å². The summed E-state index contributed by atoms with van der Waals surface area (Å²) in [6, 6.07) is 8.74. The van der Waals surface area contributed by atoms with Crippen molar-refractivity contribution in [3.8, 4) is 0 Å². The average molecular weight is 375 g/mol. The molecule has 0 fully saturated rings. The van der Waals surface area contributed by atoms with E-state index in [1.165, 1.54) is 49.4 Å². The van der Waals surface area contributed by atoms with E-state index in [0.29, 0.717) is 0 Å². The molecule has 0 saturated carbocycles. The van der Waals surface area contributed by atoms with Gasteiger partial charge in [-0.2, -0.15) is 0 Å². The van der Waals surface area contributed by atoms with Crippen LogP contribution in [0.5, 0.6) is 0 Å². The number of benzene rings is 1. The molecule has 1 rings (SSSR count). The summed E-state index contributed by atoms with van der Waals surface area (Å²) in [6.45, 7) is 6.66. The Bertz CT molecular complexity index is 469. The minimum absolute atomic E-state index is 0.0364. The topological polar surface area (TPSA) is 18.5 Å². The van der Waals surface area contributed by atoms with Crippen molar-refractivity contribution < 1.29 is 9.47 Å². The van der Waals surface area contributed by atoms with E-state index in [1.54, 1.807) is 14.2 Å². The Hall–Kier alpha value is -0.140. The first-order chi connectivity index (χ1) is 11.2. The summed E-state index contributed by atoms with van der Waals surface area (Å²) in [7, 11) is 3.41. The molecule has 1 aromatic carbocycles. The van der Waals surface area contributed by atoms with Crippen LogP contribution in [-0.4, -0.2) is 40.5 Å². The third-order valence-corrected chi connectivity index (χ3v) is 7.08. The fourth-order valence-electron chi connectivity index (χ4n) is 3.12. The van der Waals surface area contributed by atoms with Crippen LogP contribution in [-0.2, 0) is 15.9 Å². The zero-order chi connectivity index (χ0) is 18.1. The van der Waals surface area contributed by atoms with Gasteiger partial charge in [0, 0.05) is 14.2 Å². The van der Waals surface area contributed by atoms with Crippen LogP contribution in [0.3, 0.4) is 0 Å². The summed E-state index contributed by atoms with van der Waals surface area (Å²) in [5, 5.41) is 1.38. The van der Waals surface area contributed by atoms with Gasteiger partial charge in [0.1, 0.15) is 0 Å². The molecule has 0 saturated heterocycles.